The number of phenolic OH excluding ortho intramolecular Hbond substituents is 1. The summed E-state index contributed by atoms with van der Waals surface area (Å²) in [5.74, 6) is 0.164. The lowest BCUT2D eigenvalue weighted by atomic mass is 10.1. The Morgan fingerprint density at radius 3 is 2.58 bits per heavy atom. The van der Waals surface area contributed by atoms with Crippen molar-refractivity contribution in [2.24, 2.45) is 0 Å². The van der Waals surface area contributed by atoms with Gasteiger partial charge in [-0.25, -0.2) is 9.97 Å². The van der Waals surface area contributed by atoms with Crippen molar-refractivity contribution in [3.05, 3.63) is 47.1 Å². The first kappa shape index (κ1) is 11.1. The van der Waals surface area contributed by atoms with Gasteiger partial charge in [-0.1, -0.05) is 0 Å². The summed E-state index contributed by atoms with van der Waals surface area (Å²) in [4.78, 5) is 23.0. The zero-order valence-electron chi connectivity index (χ0n) is 9.56. The lowest BCUT2D eigenvalue weighted by Gasteiger charge is -2.09. The van der Waals surface area contributed by atoms with Gasteiger partial charge >= 0.3 is 5.56 Å². The van der Waals surface area contributed by atoms with Crippen LogP contribution in [0.1, 0.15) is 0 Å². The maximum absolute atomic E-state index is 11.6. The topological polar surface area (TPSA) is 101 Å². The molecule has 0 bridgehead atoms. The van der Waals surface area contributed by atoms with Gasteiger partial charge in [0.05, 0.1) is 11.9 Å². The van der Waals surface area contributed by atoms with Gasteiger partial charge < -0.3 is 10.3 Å². The van der Waals surface area contributed by atoms with Gasteiger partial charge in [-0.05, 0) is 24.3 Å². The fraction of sp³-hybridized carbons (Fsp3) is 0. The van der Waals surface area contributed by atoms with Crippen molar-refractivity contribution in [3.63, 3.8) is 0 Å². The summed E-state index contributed by atoms with van der Waals surface area (Å²) in [6, 6.07) is 6.22. The average Bonchev–Trinajstić information content (AvgIpc) is 2.41. The Bertz CT molecular complexity index is 767. The summed E-state index contributed by atoms with van der Waals surface area (Å²) in [5, 5.41) is 19.0. The quantitative estimate of drug-likeness (QED) is 0.623. The zero-order valence-corrected chi connectivity index (χ0v) is 9.56. The van der Waals surface area contributed by atoms with E-state index in [1.807, 2.05) is 0 Å². The van der Waals surface area contributed by atoms with E-state index in [0.717, 1.165) is 11.1 Å². The minimum absolute atomic E-state index is 0.0180. The second kappa shape index (κ2) is 4.05. The smallest absolute Gasteiger partial charge is 0.301 e. The third kappa shape index (κ3) is 1.86. The largest absolute Gasteiger partial charge is 0.508 e. The van der Waals surface area contributed by atoms with Crippen molar-refractivity contribution < 1.29 is 10.3 Å². The molecule has 0 spiro atoms. The van der Waals surface area contributed by atoms with Gasteiger partial charge in [0, 0.05) is 5.56 Å². The molecule has 0 saturated carbocycles. The van der Waals surface area contributed by atoms with Crippen LogP contribution in [0.2, 0.25) is 0 Å². The predicted molar refractivity (Wildman–Crippen MR) is 65.0 cm³/mol. The number of fused-ring (bicyclic) bond motifs is 1. The molecule has 2 aliphatic heterocycles. The third-order valence-corrected chi connectivity index (χ3v) is 2.63. The summed E-state index contributed by atoms with van der Waals surface area (Å²) in [6.45, 7) is 0. The van der Waals surface area contributed by atoms with Crippen LogP contribution in [0.4, 0.5) is 0 Å². The Hall–Kier alpha value is -2.96. The second-order valence-electron chi connectivity index (χ2n) is 3.87. The molecule has 7 heteroatoms. The first-order valence-corrected chi connectivity index (χ1v) is 5.38. The molecule has 0 aliphatic carbocycles. The van der Waals surface area contributed by atoms with Crippen LogP contribution in [-0.2, 0) is 0 Å². The van der Waals surface area contributed by atoms with Gasteiger partial charge in [-0.3, -0.25) is 4.79 Å². The average molecular weight is 256 g/mol. The number of aromatic hydroxyl groups is 1. The number of benzene rings is 1. The molecule has 2 aliphatic rings. The van der Waals surface area contributed by atoms with Gasteiger partial charge in [-0.15, -0.1) is 0 Å². The Kier molecular flexibility index (Phi) is 2.38. The minimum atomic E-state index is -0.562. The minimum Gasteiger partial charge on any atom is -0.508 e. The summed E-state index contributed by atoms with van der Waals surface area (Å²) < 4.78 is 0.730. The molecular formula is C12H8N4O3. The standard InChI is InChI=1S/C12H8N4O3/c17-8-3-1-7(2-4-8)9-5-16(19)11-10(15-9)12(18)14-6-13-11/h1-6,17,19H. The molecule has 19 heavy (non-hydrogen) atoms. The van der Waals surface area contributed by atoms with Crippen LogP contribution < -0.4 is 5.56 Å². The van der Waals surface area contributed by atoms with E-state index >= 15 is 0 Å². The van der Waals surface area contributed by atoms with E-state index in [1.165, 1.54) is 18.3 Å². The Labute approximate surface area is 106 Å². The molecule has 0 radical (unpaired) electrons. The number of hydrogen-bond donors (Lipinski definition) is 2. The van der Waals surface area contributed by atoms with Crippen LogP contribution in [-0.4, -0.2) is 30.0 Å². The van der Waals surface area contributed by atoms with Crippen LogP contribution in [0.15, 0.2) is 41.6 Å². The summed E-state index contributed by atoms with van der Waals surface area (Å²) in [6.07, 6.45) is 2.40. The molecule has 0 unspecified atom stereocenters. The maximum Gasteiger partial charge on any atom is 0.301 e. The van der Waals surface area contributed by atoms with Gasteiger partial charge in [-0.2, -0.15) is 9.71 Å². The molecule has 0 amide bonds. The molecule has 0 saturated heterocycles. The van der Waals surface area contributed by atoms with Crippen molar-refractivity contribution in [2.45, 2.75) is 0 Å². The molecule has 94 valence electrons. The Balaban J connectivity index is 2.26. The highest BCUT2D eigenvalue weighted by Crippen LogP contribution is 2.22. The van der Waals surface area contributed by atoms with Gasteiger partial charge in [0.2, 0.25) is 5.82 Å². The molecule has 0 fully saturated rings. The molecule has 1 aromatic rings. The van der Waals surface area contributed by atoms with E-state index in [0.29, 0.717) is 11.3 Å². The lowest BCUT2D eigenvalue weighted by Crippen LogP contribution is -2.18. The van der Waals surface area contributed by atoms with Crippen LogP contribution in [0, 0.1) is 0 Å². The first-order chi connectivity index (χ1) is 9.15. The fourth-order valence-corrected chi connectivity index (χ4v) is 1.72. The molecule has 0 atom stereocenters. The molecular weight excluding hydrogens is 248 g/mol. The van der Waals surface area contributed by atoms with Gasteiger partial charge in [0.1, 0.15) is 12.1 Å². The number of phenols is 1. The SMILES string of the molecule is O=c1ncnc2n(O)cc(-c3ccc(O)cc3)nc1-2. The highest BCUT2D eigenvalue weighted by molar-refractivity contribution is 5.63. The van der Waals surface area contributed by atoms with E-state index in [4.69, 9.17) is 0 Å². The normalized spacial score (nSPS) is 10.7. The van der Waals surface area contributed by atoms with Crippen molar-refractivity contribution in [1.82, 2.24) is 19.7 Å². The van der Waals surface area contributed by atoms with Crippen LogP contribution in [0.5, 0.6) is 5.75 Å². The van der Waals surface area contributed by atoms with Crippen molar-refractivity contribution in [2.75, 3.05) is 0 Å². The van der Waals surface area contributed by atoms with E-state index in [2.05, 4.69) is 15.0 Å². The zero-order chi connectivity index (χ0) is 13.4. The molecule has 0 aromatic heterocycles. The van der Waals surface area contributed by atoms with Crippen LogP contribution >= 0.6 is 0 Å². The molecule has 3 rings (SSSR count). The summed E-state index contributed by atoms with van der Waals surface area (Å²) in [7, 11) is 0. The predicted octanol–water partition coefficient (Wildman–Crippen LogP) is 0.748. The molecule has 2 N–H and O–H groups in total. The lowest BCUT2D eigenvalue weighted by molar-refractivity contribution is 0.185. The second-order valence-corrected chi connectivity index (χ2v) is 3.87. The van der Waals surface area contributed by atoms with E-state index in [9.17, 15) is 15.1 Å². The van der Waals surface area contributed by atoms with Crippen LogP contribution in [0.3, 0.4) is 0 Å². The fourth-order valence-electron chi connectivity index (χ4n) is 1.72. The number of rotatable bonds is 1. The Morgan fingerprint density at radius 2 is 1.84 bits per heavy atom. The van der Waals surface area contributed by atoms with E-state index in [-0.39, 0.29) is 17.3 Å². The highest BCUT2D eigenvalue weighted by Gasteiger charge is 2.16. The summed E-state index contributed by atoms with van der Waals surface area (Å²) in [5.41, 5.74) is 0.441. The highest BCUT2D eigenvalue weighted by atomic mass is 16.5. The van der Waals surface area contributed by atoms with E-state index < -0.39 is 5.56 Å². The monoisotopic (exact) mass is 256 g/mol. The number of aromatic nitrogens is 4. The van der Waals surface area contributed by atoms with E-state index in [1.54, 1.807) is 12.1 Å². The Morgan fingerprint density at radius 1 is 1.11 bits per heavy atom. The van der Waals surface area contributed by atoms with Gasteiger partial charge in [0.25, 0.3) is 0 Å². The van der Waals surface area contributed by atoms with Gasteiger partial charge in [0.15, 0.2) is 5.69 Å². The maximum atomic E-state index is 11.6. The third-order valence-electron chi connectivity index (χ3n) is 2.63. The molecule has 7 nitrogen and oxygen atoms in total. The van der Waals surface area contributed by atoms with Crippen molar-refractivity contribution in [3.8, 4) is 28.5 Å². The first-order valence-electron chi connectivity index (χ1n) is 5.38. The molecule has 1 aromatic carbocycles. The van der Waals surface area contributed by atoms with Crippen molar-refractivity contribution >= 4 is 0 Å². The molecule has 2 heterocycles. The van der Waals surface area contributed by atoms with Crippen LogP contribution in [0.25, 0.3) is 22.8 Å². The van der Waals surface area contributed by atoms with Crippen molar-refractivity contribution in [1.29, 1.82) is 0 Å². The number of hydrogen-bond acceptors (Lipinski definition) is 6. The summed E-state index contributed by atoms with van der Waals surface area (Å²) >= 11 is 0. The number of nitrogens with zero attached hydrogens (tertiary/aromatic N) is 4.